The predicted octanol–water partition coefficient (Wildman–Crippen LogP) is 1.98. The smallest absolute Gasteiger partial charge is 0.410 e. The van der Waals surface area contributed by atoms with Crippen LogP contribution < -0.4 is 10.1 Å². The number of carbonyl (C=O) groups is 2. The Bertz CT molecular complexity index is 602. The van der Waals surface area contributed by atoms with E-state index < -0.39 is 5.60 Å². The van der Waals surface area contributed by atoms with Crippen LogP contribution in [0.4, 0.5) is 4.79 Å². The standard InChI is InChI=1S/C19H29N3O4/c1-19(2,3)26-18(24)22-13-11-21(12-14-22)10-9-20-17(23)15-5-7-16(25-4)8-6-15/h5-8H,9-14H2,1-4H3,(H,20,23). The van der Waals surface area contributed by atoms with Gasteiger partial charge in [-0.25, -0.2) is 4.79 Å². The minimum atomic E-state index is -0.472. The number of hydrogen-bond donors (Lipinski definition) is 1. The van der Waals surface area contributed by atoms with Gasteiger partial charge in [0.05, 0.1) is 7.11 Å². The number of nitrogens with one attached hydrogen (secondary N) is 1. The molecular weight excluding hydrogens is 334 g/mol. The summed E-state index contributed by atoms with van der Waals surface area (Å²) in [5.74, 6) is 0.629. The highest BCUT2D eigenvalue weighted by atomic mass is 16.6. The van der Waals surface area contributed by atoms with Crippen LogP contribution in [0, 0.1) is 0 Å². The van der Waals surface area contributed by atoms with Gasteiger partial charge in [0.25, 0.3) is 5.91 Å². The Hall–Kier alpha value is -2.28. The average molecular weight is 363 g/mol. The lowest BCUT2D eigenvalue weighted by Gasteiger charge is -2.35. The fourth-order valence-corrected chi connectivity index (χ4v) is 2.65. The molecule has 2 amide bonds. The van der Waals surface area contributed by atoms with Crippen molar-refractivity contribution in [3.05, 3.63) is 29.8 Å². The van der Waals surface area contributed by atoms with Gasteiger partial charge in [-0.05, 0) is 45.0 Å². The van der Waals surface area contributed by atoms with Crippen molar-refractivity contribution >= 4 is 12.0 Å². The topological polar surface area (TPSA) is 71.1 Å². The minimum absolute atomic E-state index is 0.0972. The van der Waals surface area contributed by atoms with Crippen molar-refractivity contribution in [1.29, 1.82) is 0 Å². The van der Waals surface area contributed by atoms with Crippen LogP contribution in [0.25, 0.3) is 0 Å². The number of nitrogens with zero attached hydrogens (tertiary/aromatic N) is 2. The lowest BCUT2D eigenvalue weighted by Crippen LogP contribution is -2.51. The van der Waals surface area contributed by atoms with Crippen LogP contribution in [-0.4, -0.2) is 73.8 Å². The molecule has 0 unspecified atom stereocenters. The van der Waals surface area contributed by atoms with Crippen molar-refractivity contribution in [2.45, 2.75) is 26.4 Å². The van der Waals surface area contributed by atoms with E-state index in [9.17, 15) is 9.59 Å². The molecule has 144 valence electrons. The Morgan fingerprint density at radius 1 is 1.08 bits per heavy atom. The molecular formula is C19H29N3O4. The summed E-state index contributed by atoms with van der Waals surface area (Å²) in [4.78, 5) is 28.1. The second-order valence-electron chi connectivity index (χ2n) is 7.29. The molecule has 0 radical (unpaired) electrons. The lowest BCUT2D eigenvalue weighted by molar-refractivity contribution is 0.0147. The SMILES string of the molecule is COc1ccc(C(=O)NCCN2CCN(C(=O)OC(C)(C)C)CC2)cc1. The van der Waals surface area contributed by atoms with Gasteiger partial charge in [-0.2, -0.15) is 0 Å². The van der Waals surface area contributed by atoms with Crippen LogP contribution >= 0.6 is 0 Å². The van der Waals surface area contributed by atoms with Gasteiger partial charge in [-0.15, -0.1) is 0 Å². The van der Waals surface area contributed by atoms with Crippen LogP contribution in [0.5, 0.6) is 5.75 Å². The summed E-state index contributed by atoms with van der Waals surface area (Å²) in [6, 6.07) is 7.02. The number of benzene rings is 1. The molecule has 0 aromatic heterocycles. The highest BCUT2D eigenvalue weighted by Crippen LogP contribution is 2.12. The molecule has 7 nitrogen and oxygen atoms in total. The van der Waals surface area contributed by atoms with Crippen molar-refractivity contribution in [2.75, 3.05) is 46.4 Å². The third-order valence-electron chi connectivity index (χ3n) is 4.09. The molecule has 0 atom stereocenters. The Balaban J connectivity index is 1.68. The molecule has 0 spiro atoms. The van der Waals surface area contributed by atoms with Crippen molar-refractivity contribution in [3.63, 3.8) is 0 Å². The number of ether oxygens (including phenoxy) is 2. The van der Waals surface area contributed by atoms with Crippen LogP contribution in [0.3, 0.4) is 0 Å². The Morgan fingerprint density at radius 3 is 2.23 bits per heavy atom. The third-order valence-corrected chi connectivity index (χ3v) is 4.09. The predicted molar refractivity (Wildman–Crippen MR) is 99.6 cm³/mol. The molecule has 1 aromatic rings. The molecule has 1 aliphatic rings. The first kappa shape index (κ1) is 20.0. The maximum absolute atomic E-state index is 12.1. The monoisotopic (exact) mass is 363 g/mol. The minimum Gasteiger partial charge on any atom is -0.497 e. The van der Waals surface area contributed by atoms with E-state index in [1.54, 1.807) is 36.3 Å². The zero-order valence-electron chi connectivity index (χ0n) is 16.1. The van der Waals surface area contributed by atoms with E-state index >= 15 is 0 Å². The molecule has 2 rings (SSSR count). The molecule has 7 heteroatoms. The maximum atomic E-state index is 12.1. The summed E-state index contributed by atoms with van der Waals surface area (Å²) in [6.45, 7) is 9.76. The lowest BCUT2D eigenvalue weighted by atomic mass is 10.2. The van der Waals surface area contributed by atoms with Gasteiger partial charge < -0.3 is 19.7 Å². The summed E-state index contributed by atoms with van der Waals surface area (Å²) in [6.07, 6.45) is -0.259. The molecule has 1 aliphatic heterocycles. The molecule has 1 fully saturated rings. The van der Waals surface area contributed by atoms with Crippen molar-refractivity contribution in [2.24, 2.45) is 0 Å². The van der Waals surface area contributed by atoms with E-state index in [0.717, 1.165) is 25.4 Å². The third kappa shape index (κ3) is 6.22. The highest BCUT2D eigenvalue weighted by Gasteiger charge is 2.25. The van der Waals surface area contributed by atoms with Crippen LogP contribution in [0.1, 0.15) is 31.1 Å². The molecule has 1 N–H and O–H groups in total. The molecule has 0 bridgehead atoms. The van der Waals surface area contributed by atoms with Gasteiger partial charge in [-0.1, -0.05) is 0 Å². The van der Waals surface area contributed by atoms with Gasteiger partial charge in [0.1, 0.15) is 11.4 Å². The van der Waals surface area contributed by atoms with E-state index in [1.165, 1.54) is 0 Å². The van der Waals surface area contributed by atoms with Gasteiger partial charge in [-0.3, -0.25) is 9.69 Å². The Kier molecular flexibility index (Phi) is 6.85. The van der Waals surface area contributed by atoms with Gasteiger partial charge in [0.15, 0.2) is 0 Å². The highest BCUT2D eigenvalue weighted by molar-refractivity contribution is 5.94. The van der Waals surface area contributed by atoms with E-state index in [2.05, 4.69) is 10.2 Å². The molecule has 1 aromatic carbocycles. The summed E-state index contributed by atoms with van der Waals surface area (Å²) in [5.41, 5.74) is 0.139. The van der Waals surface area contributed by atoms with E-state index in [-0.39, 0.29) is 12.0 Å². The first-order chi connectivity index (χ1) is 12.3. The first-order valence-corrected chi connectivity index (χ1v) is 8.91. The van der Waals surface area contributed by atoms with Gasteiger partial charge in [0.2, 0.25) is 0 Å². The zero-order chi connectivity index (χ0) is 19.2. The number of piperazine rings is 1. The second kappa shape index (κ2) is 8.89. The molecule has 0 aliphatic carbocycles. The summed E-state index contributed by atoms with van der Waals surface area (Å²) < 4.78 is 10.5. The average Bonchev–Trinajstić information content (AvgIpc) is 2.61. The number of hydrogen-bond acceptors (Lipinski definition) is 5. The number of methoxy groups -OCH3 is 1. The molecule has 1 heterocycles. The Morgan fingerprint density at radius 2 is 1.69 bits per heavy atom. The summed E-state index contributed by atoms with van der Waals surface area (Å²) in [5, 5.41) is 2.92. The number of amides is 2. The first-order valence-electron chi connectivity index (χ1n) is 8.91. The van der Waals surface area contributed by atoms with E-state index in [4.69, 9.17) is 9.47 Å². The quantitative estimate of drug-likeness (QED) is 0.866. The Labute approximate surface area is 155 Å². The molecule has 1 saturated heterocycles. The van der Waals surface area contributed by atoms with Crippen molar-refractivity contribution in [1.82, 2.24) is 15.1 Å². The normalized spacial score (nSPS) is 15.5. The van der Waals surface area contributed by atoms with Crippen molar-refractivity contribution in [3.8, 4) is 5.75 Å². The van der Waals surface area contributed by atoms with Crippen LogP contribution in [-0.2, 0) is 4.74 Å². The van der Waals surface area contributed by atoms with Gasteiger partial charge in [0, 0.05) is 44.8 Å². The van der Waals surface area contributed by atoms with Crippen LogP contribution in [0.15, 0.2) is 24.3 Å². The molecule has 26 heavy (non-hydrogen) atoms. The fraction of sp³-hybridized carbons (Fsp3) is 0.579. The van der Waals surface area contributed by atoms with E-state index in [0.29, 0.717) is 25.2 Å². The zero-order valence-corrected chi connectivity index (χ0v) is 16.1. The van der Waals surface area contributed by atoms with E-state index in [1.807, 2.05) is 20.8 Å². The van der Waals surface area contributed by atoms with Gasteiger partial charge >= 0.3 is 6.09 Å². The fourth-order valence-electron chi connectivity index (χ4n) is 2.65. The summed E-state index contributed by atoms with van der Waals surface area (Å²) in [7, 11) is 1.59. The number of carbonyl (C=O) groups excluding carboxylic acids is 2. The largest absolute Gasteiger partial charge is 0.497 e. The van der Waals surface area contributed by atoms with Crippen LogP contribution in [0.2, 0.25) is 0 Å². The van der Waals surface area contributed by atoms with Crippen molar-refractivity contribution < 1.29 is 19.1 Å². The second-order valence-corrected chi connectivity index (χ2v) is 7.29. The molecule has 0 saturated carbocycles. The number of rotatable bonds is 5. The summed E-state index contributed by atoms with van der Waals surface area (Å²) >= 11 is 0. The maximum Gasteiger partial charge on any atom is 0.410 e.